The molecule has 7 heteroatoms. The van der Waals surface area contributed by atoms with Gasteiger partial charge in [0.15, 0.2) is 0 Å². The number of anilines is 1. The Bertz CT molecular complexity index is 1150. The van der Waals surface area contributed by atoms with Crippen LogP contribution >= 0.6 is 0 Å². The van der Waals surface area contributed by atoms with Crippen LogP contribution in [0.4, 0.5) is 10.1 Å². The molecular weight excluding hydrogens is 469 g/mol. The molecule has 0 saturated heterocycles. The molecule has 1 aromatic heterocycles. The minimum Gasteiger partial charge on any atom is -0.367 e. The van der Waals surface area contributed by atoms with Gasteiger partial charge in [-0.2, -0.15) is 0 Å². The maximum absolute atomic E-state index is 14.4. The number of hydrogen-bond acceptors (Lipinski definition) is 4. The molecule has 6 nitrogen and oxygen atoms in total. The number of amides is 2. The van der Waals surface area contributed by atoms with E-state index in [0.29, 0.717) is 5.69 Å². The van der Waals surface area contributed by atoms with Crippen molar-refractivity contribution < 1.29 is 20.1 Å². The highest BCUT2D eigenvalue weighted by Gasteiger charge is 2.36. The van der Waals surface area contributed by atoms with Crippen molar-refractivity contribution in [2.75, 3.05) is 11.5 Å². The van der Waals surface area contributed by atoms with E-state index in [2.05, 4.69) is 17.2 Å². The van der Waals surface area contributed by atoms with Gasteiger partial charge in [-0.3, -0.25) is 19.5 Å². The molecule has 0 spiro atoms. The van der Waals surface area contributed by atoms with Crippen molar-refractivity contribution in [2.24, 2.45) is 5.92 Å². The lowest BCUT2D eigenvalue weighted by Gasteiger charge is -2.36. The van der Waals surface area contributed by atoms with Crippen LogP contribution in [0.15, 0.2) is 72.1 Å². The summed E-state index contributed by atoms with van der Waals surface area (Å²) in [6, 6.07) is 8.65. The molecule has 2 amide bonds. The number of rotatable bonds is 9. The van der Waals surface area contributed by atoms with Crippen molar-refractivity contribution >= 4 is 17.5 Å². The fourth-order valence-electron chi connectivity index (χ4n) is 5.10. The minimum atomic E-state index is -0.933. The van der Waals surface area contributed by atoms with Crippen LogP contribution in [0.3, 0.4) is 0 Å². The number of aromatic nitrogens is 1. The van der Waals surface area contributed by atoms with Gasteiger partial charge in [0.05, 0.1) is 6.61 Å². The Hall–Kier alpha value is -3.32. The Morgan fingerprint density at radius 3 is 2.76 bits per heavy atom. The lowest BCUT2D eigenvalue weighted by atomic mass is 9.85. The largest absolute Gasteiger partial charge is 0.367 e. The smallest absolute Gasteiger partial charge is 0.254 e. The van der Waals surface area contributed by atoms with E-state index in [9.17, 15) is 14.0 Å². The van der Waals surface area contributed by atoms with E-state index < -0.39 is 17.8 Å². The standard InChI is InChI=1S/C30H36FN3O3.H2/c1-21-9-6-15-27(22(21)2)29(30(36)33-25-12-4-3-5-13-25)34(26-14-7-11-24(31)17-26)28(35)20-37-19-23-10-8-16-32-18-23;/h6-8,10-11,14-18,21,25,29H,3-5,9,12-13,19-20H2,1-2H3,(H,33,36);1H. The van der Waals surface area contributed by atoms with Crippen LogP contribution in [0.5, 0.6) is 0 Å². The van der Waals surface area contributed by atoms with Crippen LogP contribution in [0.1, 0.15) is 59.4 Å². The molecule has 2 aliphatic carbocycles. The zero-order valence-corrected chi connectivity index (χ0v) is 21.7. The normalized spacial score (nSPS) is 18.9. The first kappa shape index (κ1) is 26.7. The van der Waals surface area contributed by atoms with Gasteiger partial charge < -0.3 is 10.1 Å². The van der Waals surface area contributed by atoms with E-state index in [-0.39, 0.29) is 32.5 Å². The second-order valence-corrected chi connectivity index (χ2v) is 10.0. The molecule has 2 unspecified atom stereocenters. The van der Waals surface area contributed by atoms with Crippen molar-refractivity contribution in [1.82, 2.24) is 10.3 Å². The highest BCUT2D eigenvalue weighted by Crippen LogP contribution is 2.32. The highest BCUT2D eigenvalue weighted by molar-refractivity contribution is 6.03. The average molecular weight is 508 g/mol. The number of halogens is 1. The number of hydrogen-bond donors (Lipinski definition) is 1. The van der Waals surface area contributed by atoms with Crippen LogP contribution in [-0.4, -0.2) is 35.5 Å². The zero-order valence-electron chi connectivity index (χ0n) is 21.7. The maximum atomic E-state index is 14.4. The van der Waals surface area contributed by atoms with Gasteiger partial charge >= 0.3 is 0 Å². The summed E-state index contributed by atoms with van der Waals surface area (Å²) in [6.07, 6.45) is 13.4. The van der Waals surface area contributed by atoms with Gasteiger partial charge in [-0.25, -0.2) is 4.39 Å². The topological polar surface area (TPSA) is 71.5 Å². The molecule has 1 N–H and O–H groups in total. The molecule has 1 fully saturated rings. The molecule has 37 heavy (non-hydrogen) atoms. The summed E-state index contributed by atoms with van der Waals surface area (Å²) in [7, 11) is 0. The first-order valence-corrected chi connectivity index (χ1v) is 13.2. The van der Waals surface area contributed by atoms with Gasteiger partial charge in [-0.05, 0) is 67.5 Å². The second kappa shape index (κ2) is 12.8. The number of pyridine rings is 1. The number of carbonyl (C=O) groups excluding carboxylic acids is 2. The summed E-state index contributed by atoms with van der Waals surface area (Å²) in [6.45, 7) is 4.07. The van der Waals surface area contributed by atoms with Gasteiger partial charge in [-0.1, -0.05) is 56.0 Å². The van der Waals surface area contributed by atoms with Gasteiger partial charge in [-0.15, -0.1) is 0 Å². The third-order valence-corrected chi connectivity index (χ3v) is 7.31. The Labute approximate surface area is 220 Å². The van der Waals surface area contributed by atoms with Gasteiger partial charge in [0.1, 0.15) is 18.5 Å². The molecular formula is C30H38FN3O3. The average Bonchev–Trinajstić information content (AvgIpc) is 2.90. The summed E-state index contributed by atoms with van der Waals surface area (Å²) in [5.74, 6) is -0.900. The number of carbonyl (C=O) groups is 2. The monoisotopic (exact) mass is 507 g/mol. The molecule has 1 aromatic carbocycles. The van der Waals surface area contributed by atoms with Gasteiger partial charge in [0, 0.05) is 25.5 Å². The van der Waals surface area contributed by atoms with Crippen LogP contribution in [0.25, 0.3) is 0 Å². The molecule has 2 aliphatic rings. The number of nitrogens with zero attached hydrogens (tertiary/aromatic N) is 2. The van der Waals surface area contributed by atoms with E-state index >= 15 is 0 Å². The first-order valence-electron chi connectivity index (χ1n) is 13.2. The predicted molar refractivity (Wildman–Crippen MR) is 144 cm³/mol. The molecule has 1 heterocycles. The SMILES string of the molecule is CC1=C(C(C(=O)NC2CCCCC2)N(C(=O)COCc2cccnc2)c2cccc(F)c2)C=CCC1C.[HH]. The lowest BCUT2D eigenvalue weighted by molar-refractivity contribution is -0.128. The Morgan fingerprint density at radius 1 is 1.22 bits per heavy atom. The van der Waals surface area contributed by atoms with Crippen molar-refractivity contribution in [2.45, 2.75) is 71.1 Å². The minimum absolute atomic E-state index is 0. The fourth-order valence-corrected chi connectivity index (χ4v) is 5.10. The van der Waals surface area contributed by atoms with Crippen LogP contribution < -0.4 is 10.2 Å². The highest BCUT2D eigenvalue weighted by atomic mass is 19.1. The summed E-state index contributed by atoms with van der Waals surface area (Å²) < 4.78 is 20.1. The predicted octanol–water partition coefficient (Wildman–Crippen LogP) is 5.75. The van der Waals surface area contributed by atoms with Crippen LogP contribution in [0, 0.1) is 11.7 Å². The van der Waals surface area contributed by atoms with Crippen LogP contribution in [-0.2, 0) is 20.9 Å². The third-order valence-electron chi connectivity index (χ3n) is 7.31. The molecule has 0 aliphatic heterocycles. The Kier molecular flexibility index (Phi) is 9.23. The van der Waals surface area contributed by atoms with Gasteiger partial charge in [0.2, 0.25) is 5.91 Å². The van der Waals surface area contributed by atoms with Gasteiger partial charge in [0.25, 0.3) is 5.91 Å². The van der Waals surface area contributed by atoms with E-state index in [1.165, 1.54) is 23.5 Å². The van der Waals surface area contributed by atoms with E-state index in [0.717, 1.165) is 48.8 Å². The van der Waals surface area contributed by atoms with E-state index in [1.54, 1.807) is 30.6 Å². The molecule has 2 atom stereocenters. The van der Waals surface area contributed by atoms with Crippen molar-refractivity contribution in [3.63, 3.8) is 0 Å². The maximum Gasteiger partial charge on any atom is 0.254 e. The molecule has 0 bridgehead atoms. The second-order valence-electron chi connectivity index (χ2n) is 10.0. The zero-order chi connectivity index (χ0) is 26.2. The summed E-state index contributed by atoms with van der Waals surface area (Å²) in [5, 5.41) is 3.21. The molecule has 4 rings (SSSR count). The Morgan fingerprint density at radius 2 is 2.03 bits per heavy atom. The molecule has 1 saturated carbocycles. The van der Waals surface area contributed by atoms with Crippen LogP contribution in [0.2, 0.25) is 0 Å². The summed E-state index contributed by atoms with van der Waals surface area (Å²) in [5.41, 5.74) is 2.99. The first-order chi connectivity index (χ1) is 17.9. The molecule has 0 radical (unpaired) electrons. The number of nitrogens with one attached hydrogen (secondary N) is 1. The van der Waals surface area contributed by atoms with E-state index in [4.69, 9.17) is 4.74 Å². The number of ether oxygens (including phenoxy) is 1. The van der Waals surface area contributed by atoms with Crippen molar-refractivity contribution in [3.05, 3.63) is 83.5 Å². The molecule has 198 valence electrons. The van der Waals surface area contributed by atoms with Crippen molar-refractivity contribution in [1.29, 1.82) is 0 Å². The fraction of sp³-hybridized carbons (Fsp3) is 0.433. The number of allylic oxidation sites excluding steroid dienone is 2. The lowest BCUT2D eigenvalue weighted by Crippen LogP contribution is -2.54. The Balaban J connectivity index is 0.00000400. The third kappa shape index (κ3) is 6.92. The summed E-state index contributed by atoms with van der Waals surface area (Å²) >= 11 is 0. The number of benzene rings is 1. The van der Waals surface area contributed by atoms with Crippen molar-refractivity contribution in [3.8, 4) is 0 Å². The summed E-state index contributed by atoms with van der Waals surface area (Å²) in [4.78, 5) is 33.2. The quantitative estimate of drug-likeness (QED) is 0.469. The molecule has 2 aromatic rings. The van der Waals surface area contributed by atoms with E-state index in [1.807, 2.05) is 25.1 Å².